The third kappa shape index (κ3) is 10.4. The monoisotopic (exact) mass is 372 g/mol. The Kier molecular flexibility index (Phi) is 15.9. The highest BCUT2D eigenvalue weighted by molar-refractivity contribution is 5.19. The zero-order valence-corrected chi connectivity index (χ0v) is 17.0. The van der Waals surface area contributed by atoms with E-state index in [1.807, 2.05) is 0 Å². The Hall–Kier alpha value is -0.780. The molecule has 26 heavy (non-hydrogen) atoms. The van der Waals surface area contributed by atoms with E-state index in [9.17, 15) is 15.3 Å². The van der Waals surface area contributed by atoms with Crippen molar-refractivity contribution in [1.82, 2.24) is 0 Å². The fourth-order valence-electron chi connectivity index (χ4n) is 3.97. The zero-order chi connectivity index (χ0) is 19.7. The van der Waals surface area contributed by atoms with Gasteiger partial charge in [-0.15, -0.1) is 0 Å². The molecule has 0 bridgehead atoms. The van der Waals surface area contributed by atoms with Crippen LogP contribution in [0.1, 0.15) is 96.8 Å². The number of nitrogens with two attached hydrogens (primary N) is 2. The molecule has 0 radical (unpaired) electrons. The first-order valence-corrected chi connectivity index (χ1v) is 10.6. The van der Waals surface area contributed by atoms with Crippen LogP contribution in [0.5, 0.6) is 0 Å². The largest absolute Gasteiger partial charge is 0.396 e. The molecule has 0 aliphatic carbocycles. The van der Waals surface area contributed by atoms with Gasteiger partial charge in [0.25, 0.3) is 0 Å². The van der Waals surface area contributed by atoms with Crippen LogP contribution >= 0.6 is 0 Å². The molecule has 0 saturated carbocycles. The molecule has 0 atom stereocenters. The van der Waals surface area contributed by atoms with Crippen molar-refractivity contribution in [1.29, 1.82) is 0 Å². The molecule has 0 fully saturated rings. The van der Waals surface area contributed by atoms with Gasteiger partial charge >= 0.3 is 0 Å². The third-order valence-corrected chi connectivity index (χ3v) is 5.54. The normalized spacial score (nSPS) is 11.7. The molecule has 0 amide bonds. The molecule has 0 aromatic rings. The molecule has 0 aromatic heterocycles. The van der Waals surface area contributed by atoms with Gasteiger partial charge in [-0.3, -0.25) is 0 Å². The summed E-state index contributed by atoms with van der Waals surface area (Å²) in [5, 5.41) is 28.4. The smallest absolute Gasteiger partial charge is 0.0931 e. The number of rotatable bonds is 18. The van der Waals surface area contributed by atoms with Gasteiger partial charge in [-0.05, 0) is 37.7 Å². The van der Waals surface area contributed by atoms with Crippen LogP contribution in [0, 0.1) is 5.41 Å². The van der Waals surface area contributed by atoms with Gasteiger partial charge in [0.05, 0.1) is 5.82 Å². The lowest BCUT2D eigenvalue weighted by Crippen LogP contribution is -2.32. The average molecular weight is 373 g/mol. The molecule has 0 spiro atoms. The van der Waals surface area contributed by atoms with E-state index in [0.29, 0.717) is 19.3 Å². The van der Waals surface area contributed by atoms with E-state index in [1.165, 1.54) is 51.4 Å². The summed E-state index contributed by atoms with van der Waals surface area (Å²) in [5.41, 5.74) is 12.3. The first-order valence-electron chi connectivity index (χ1n) is 10.6. The fourth-order valence-corrected chi connectivity index (χ4v) is 3.97. The van der Waals surface area contributed by atoms with E-state index in [4.69, 9.17) is 11.5 Å². The maximum atomic E-state index is 9.46. The van der Waals surface area contributed by atoms with Crippen LogP contribution < -0.4 is 11.5 Å². The van der Waals surface area contributed by atoms with Crippen molar-refractivity contribution in [3.63, 3.8) is 0 Å². The summed E-state index contributed by atoms with van der Waals surface area (Å²) in [4.78, 5) is 0. The Balaban J connectivity index is 4.35. The van der Waals surface area contributed by atoms with Gasteiger partial charge in [0.15, 0.2) is 0 Å². The average Bonchev–Trinajstić information content (AvgIpc) is 2.60. The third-order valence-electron chi connectivity index (χ3n) is 5.54. The molecule has 0 aliphatic heterocycles. The highest BCUT2D eigenvalue weighted by Crippen LogP contribution is 2.41. The summed E-state index contributed by atoms with van der Waals surface area (Å²) in [6, 6.07) is 0. The summed E-state index contributed by atoms with van der Waals surface area (Å²) in [6.45, 7) is 2.23. The number of hydrogen-bond donors (Lipinski definition) is 5. The molecular weight excluding hydrogens is 328 g/mol. The highest BCUT2D eigenvalue weighted by atomic mass is 16.3. The van der Waals surface area contributed by atoms with Gasteiger partial charge < -0.3 is 26.8 Å². The SMILES string of the molecule is CCCCCCCCCCCCC(=C(N)N)C(CCO)(CCO)CCO. The lowest BCUT2D eigenvalue weighted by atomic mass is 9.70. The van der Waals surface area contributed by atoms with E-state index in [0.717, 1.165) is 24.8 Å². The van der Waals surface area contributed by atoms with E-state index < -0.39 is 5.41 Å². The van der Waals surface area contributed by atoms with E-state index in [2.05, 4.69) is 6.92 Å². The Morgan fingerprint density at radius 3 is 1.38 bits per heavy atom. The van der Waals surface area contributed by atoms with Crippen molar-refractivity contribution >= 4 is 0 Å². The van der Waals surface area contributed by atoms with Crippen molar-refractivity contribution in [2.75, 3.05) is 19.8 Å². The van der Waals surface area contributed by atoms with Crippen LogP contribution in [0.4, 0.5) is 0 Å². The Labute approximate surface area is 160 Å². The zero-order valence-electron chi connectivity index (χ0n) is 17.0. The minimum Gasteiger partial charge on any atom is -0.396 e. The van der Waals surface area contributed by atoms with Crippen LogP contribution in [0.15, 0.2) is 11.4 Å². The molecule has 5 nitrogen and oxygen atoms in total. The van der Waals surface area contributed by atoms with Crippen LogP contribution in [0.25, 0.3) is 0 Å². The highest BCUT2D eigenvalue weighted by Gasteiger charge is 2.34. The maximum absolute atomic E-state index is 9.46. The molecule has 0 saturated heterocycles. The van der Waals surface area contributed by atoms with Crippen LogP contribution in [-0.4, -0.2) is 35.1 Å². The molecular formula is C21H44N2O3. The van der Waals surface area contributed by atoms with E-state index in [1.54, 1.807) is 0 Å². The molecule has 0 heterocycles. The second kappa shape index (κ2) is 16.4. The molecule has 5 heteroatoms. The molecule has 7 N–H and O–H groups in total. The van der Waals surface area contributed by atoms with Gasteiger partial charge in [-0.2, -0.15) is 0 Å². The summed E-state index contributed by atoms with van der Waals surface area (Å²) >= 11 is 0. The van der Waals surface area contributed by atoms with Crippen molar-refractivity contribution in [2.24, 2.45) is 16.9 Å². The Bertz CT molecular complexity index is 338. The fraction of sp³-hybridized carbons (Fsp3) is 0.905. The Morgan fingerprint density at radius 2 is 1.04 bits per heavy atom. The number of hydrogen-bond acceptors (Lipinski definition) is 5. The lowest BCUT2D eigenvalue weighted by Gasteiger charge is -2.36. The van der Waals surface area contributed by atoms with Gasteiger partial charge in [0.2, 0.25) is 0 Å². The summed E-state index contributed by atoms with van der Waals surface area (Å²) in [6.07, 6.45) is 14.9. The second-order valence-electron chi connectivity index (χ2n) is 7.57. The van der Waals surface area contributed by atoms with Crippen molar-refractivity contribution in [3.8, 4) is 0 Å². The summed E-state index contributed by atoms with van der Waals surface area (Å²) < 4.78 is 0. The van der Waals surface area contributed by atoms with Gasteiger partial charge in [0.1, 0.15) is 0 Å². The predicted molar refractivity (Wildman–Crippen MR) is 109 cm³/mol. The minimum absolute atomic E-state index is 0.00515. The van der Waals surface area contributed by atoms with Crippen molar-refractivity contribution in [2.45, 2.75) is 96.8 Å². The first kappa shape index (κ1) is 25.2. The standard InChI is InChI=1S/C21H44N2O3/c1-2-3-4-5-6-7-8-9-10-11-12-19(20(22)23)21(13-16-24,14-17-25)15-18-26/h24-26H,2-18,22-23H2,1H3. The summed E-state index contributed by atoms with van der Waals surface area (Å²) in [5.74, 6) is 0.288. The predicted octanol–water partition coefficient (Wildman–Crippen LogP) is 3.56. The van der Waals surface area contributed by atoms with Crippen LogP contribution in [-0.2, 0) is 0 Å². The van der Waals surface area contributed by atoms with Crippen LogP contribution in [0.2, 0.25) is 0 Å². The minimum atomic E-state index is -0.490. The van der Waals surface area contributed by atoms with Gasteiger partial charge in [-0.25, -0.2) is 0 Å². The first-order chi connectivity index (χ1) is 12.6. The van der Waals surface area contributed by atoms with E-state index >= 15 is 0 Å². The van der Waals surface area contributed by atoms with Crippen molar-refractivity contribution in [3.05, 3.63) is 11.4 Å². The second-order valence-corrected chi connectivity index (χ2v) is 7.57. The topological polar surface area (TPSA) is 113 Å². The molecule has 0 aromatic carbocycles. The molecule has 0 aliphatic rings. The number of unbranched alkanes of at least 4 members (excludes halogenated alkanes) is 9. The van der Waals surface area contributed by atoms with Gasteiger partial charge in [0, 0.05) is 25.2 Å². The Morgan fingerprint density at radius 1 is 0.654 bits per heavy atom. The number of aliphatic hydroxyl groups excluding tert-OH is 3. The molecule has 0 unspecified atom stereocenters. The van der Waals surface area contributed by atoms with Crippen LogP contribution in [0.3, 0.4) is 0 Å². The quantitative estimate of drug-likeness (QED) is 0.236. The van der Waals surface area contributed by atoms with E-state index in [-0.39, 0.29) is 25.6 Å². The maximum Gasteiger partial charge on any atom is 0.0931 e. The summed E-state index contributed by atoms with van der Waals surface area (Å²) in [7, 11) is 0. The number of allylic oxidation sites excluding steroid dienone is 1. The van der Waals surface area contributed by atoms with Crippen molar-refractivity contribution < 1.29 is 15.3 Å². The molecule has 0 rings (SSSR count). The number of aliphatic hydroxyl groups is 3. The lowest BCUT2D eigenvalue weighted by molar-refractivity contribution is 0.123. The molecule has 156 valence electrons. The van der Waals surface area contributed by atoms with Gasteiger partial charge in [-0.1, -0.05) is 64.7 Å².